The van der Waals surface area contributed by atoms with Crippen LogP contribution in [0.25, 0.3) is 0 Å². The van der Waals surface area contributed by atoms with Crippen molar-refractivity contribution in [2.24, 2.45) is 0 Å². The molecule has 0 radical (unpaired) electrons. The van der Waals surface area contributed by atoms with Crippen LogP contribution in [0.15, 0.2) is 77.7 Å². The summed E-state index contributed by atoms with van der Waals surface area (Å²) in [6.45, 7) is 4.84. The molecule has 30 heavy (non-hydrogen) atoms. The number of hydrogen-bond acceptors (Lipinski definition) is 4. The highest BCUT2D eigenvalue weighted by atomic mass is 32.2. The minimum Gasteiger partial charge on any atom is -0.380 e. The van der Waals surface area contributed by atoms with Gasteiger partial charge in [-0.05, 0) is 53.6 Å². The van der Waals surface area contributed by atoms with Crippen molar-refractivity contribution in [3.05, 3.63) is 89.5 Å². The van der Waals surface area contributed by atoms with Crippen LogP contribution in [0.2, 0.25) is 0 Å². The maximum atomic E-state index is 12.7. The molecule has 0 aliphatic carbocycles. The number of carbonyl (C=O) groups is 1. The molecule has 3 aromatic rings. The van der Waals surface area contributed by atoms with E-state index in [-0.39, 0.29) is 5.71 Å². The van der Waals surface area contributed by atoms with Gasteiger partial charge in [0.15, 0.2) is 0 Å². The van der Waals surface area contributed by atoms with Gasteiger partial charge in [-0.25, -0.2) is 0 Å². The summed E-state index contributed by atoms with van der Waals surface area (Å²) in [6, 6.07) is 23.6. The average molecular weight is 418 g/mol. The van der Waals surface area contributed by atoms with Gasteiger partial charge >= 0.3 is 0 Å². The molecule has 0 aliphatic rings. The minimum absolute atomic E-state index is 0.0641. The number of benzene rings is 3. The molecular formula is C25H27N3OS. The predicted molar refractivity (Wildman–Crippen MR) is 128 cm³/mol. The van der Waals surface area contributed by atoms with Gasteiger partial charge in [-0.2, -0.15) is 0 Å². The number of thioether (sulfide) groups is 1. The number of hydrogen-bond donors (Lipinski definition) is 3. The number of anilines is 2. The molecule has 4 nitrogen and oxygen atoms in total. The van der Waals surface area contributed by atoms with Crippen molar-refractivity contribution < 1.29 is 4.79 Å². The normalized spacial score (nSPS) is 10.7. The van der Waals surface area contributed by atoms with E-state index in [0.29, 0.717) is 23.7 Å². The molecular weight excluding hydrogens is 390 g/mol. The summed E-state index contributed by atoms with van der Waals surface area (Å²) in [5.74, 6) is -0.0503. The van der Waals surface area contributed by atoms with E-state index in [1.807, 2.05) is 42.5 Å². The summed E-state index contributed by atoms with van der Waals surface area (Å²) in [4.78, 5) is 13.9. The topological polar surface area (TPSA) is 65.0 Å². The molecule has 0 atom stereocenters. The van der Waals surface area contributed by atoms with Crippen molar-refractivity contribution in [2.75, 3.05) is 16.9 Å². The van der Waals surface area contributed by atoms with Crippen molar-refractivity contribution in [1.82, 2.24) is 0 Å². The molecule has 0 heterocycles. The van der Waals surface area contributed by atoms with Gasteiger partial charge in [0.25, 0.3) is 5.91 Å². The molecule has 3 rings (SSSR count). The van der Waals surface area contributed by atoms with Crippen LogP contribution in [0.1, 0.15) is 36.5 Å². The molecule has 0 bridgehead atoms. The Bertz CT molecular complexity index is 1030. The third kappa shape index (κ3) is 5.51. The monoisotopic (exact) mass is 417 g/mol. The number of nitrogens with one attached hydrogen (secondary N) is 3. The van der Waals surface area contributed by atoms with Gasteiger partial charge in [-0.15, -0.1) is 11.8 Å². The summed E-state index contributed by atoms with van der Waals surface area (Å²) in [5.41, 5.74) is 4.28. The first kappa shape index (κ1) is 21.7. The van der Waals surface area contributed by atoms with Gasteiger partial charge in [0.1, 0.15) is 5.71 Å². The first-order valence-electron chi connectivity index (χ1n) is 9.94. The second-order valence-corrected chi connectivity index (χ2v) is 8.24. The third-order valence-electron chi connectivity index (χ3n) is 4.88. The van der Waals surface area contributed by atoms with Crippen LogP contribution in [-0.2, 0) is 11.3 Å². The molecule has 5 heteroatoms. The van der Waals surface area contributed by atoms with Gasteiger partial charge in [-0.1, -0.05) is 56.3 Å². The third-order valence-corrected chi connectivity index (χ3v) is 5.62. The Kier molecular flexibility index (Phi) is 7.31. The van der Waals surface area contributed by atoms with Gasteiger partial charge < -0.3 is 10.6 Å². The lowest BCUT2D eigenvalue weighted by Gasteiger charge is -2.14. The highest BCUT2D eigenvalue weighted by Gasteiger charge is 2.16. The van der Waals surface area contributed by atoms with Crippen LogP contribution >= 0.6 is 11.8 Å². The Morgan fingerprint density at radius 1 is 1.00 bits per heavy atom. The van der Waals surface area contributed by atoms with Gasteiger partial charge in [0.2, 0.25) is 0 Å². The van der Waals surface area contributed by atoms with E-state index in [2.05, 4.69) is 55.0 Å². The average Bonchev–Trinajstić information content (AvgIpc) is 2.78. The summed E-state index contributed by atoms with van der Waals surface area (Å²) in [5, 5.41) is 14.7. The van der Waals surface area contributed by atoms with E-state index in [1.54, 1.807) is 17.8 Å². The Balaban J connectivity index is 1.71. The molecule has 154 valence electrons. The predicted octanol–water partition coefficient (Wildman–Crippen LogP) is 6.15. The van der Waals surface area contributed by atoms with E-state index < -0.39 is 5.91 Å². The Morgan fingerprint density at radius 2 is 1.73 bits per heavy atom. The fourth-order valence-corrected chi connectivity index (χ4v) is 3.50. The zero-order valence-corrected chi connectivity index (χ0v) is 18.3. The first-order valence-corrected chi connectivity index (χ1v) is 11.2. The number of rotatable bonds is 8. The van der Waals surface area contributed by atoms with Gasteiger partial charge in [-0.3, -0.25) is 10.2 Å². The molecule has 3 aromatic carbocycles. The second-order valence-electron chi connectivity index (χ2n) is 7.36. The smallest absolute Gasteiger partial charge is 0.274 e. The lowest BCUT2D eigenvalue weighted by atomic mass is 10.0. The molecule has 3 N–H and O–H groups in total. The maximum absolute atomic E-state index is 12.7. The summed E-state index contributed by atoms with van der Waals surface area (Å²) < 4.78 is 0. The second kappa shape index (κ2) is 10.1. The molecule has 0 saturated heterocycles. The van der Waals surface area contributed by atoms with E-state index in [1.165, 1.54) is 4.90 Å². The Labute approximate surface area is 182 Å². The molecule has 0 unspecified atom stereocenters. The first-order chi connectivity index (χ1) is 14.5. The lowest BCUT2D eigenvalue weighted by molar-refractivity contribution is -0.110. The zero-order valence-electron chi connectivity index (χ0n) is 17.5. The van der Waals surface area contributed by atoms with Gasteiger partial charge in [0.05, 0.1) is 0 Å². The van der Waals surface area contributed by atoms with Crippen molar-refractivity contribution in [2.45, 2.75) is 31.2 Å². The van der Waals surface area contributed by atoms with Crippen LogP contribution < -0.4 is 10.6 Å². The highest BCUT2D eigenvalue weighted by molar-refractivity contribution is 7.98. The van der Waals surface area contributed by atoms with Crippen molar-refractivity contribution in [1.29, 1.82) is 5.41 Å². The van der Waals surface area contributed by atoms with Crippen LogP contribution in [0.5, 0.6) is 0 Å². The van der Waals surface area contributed by atoms with Crippen molar-refractivity contribution in [3.8, 4) is 0 Å². The fourth-order valence-electron chi connectivity index (χ4n) is 3.09. The minimum atomic E-state index is -0.422. The van der Waals surface area contributed by atoms with Crippen LogP contribution in [0.3, 0.4) is 0 Å². The van der Waals surface area contributed by atoms with E-state index in [0.717, 1.165) is 16.8 Å². The summed E-state index contributed by atoms with van der Waals surface area (Å²) >= 11 is 1.71. The molecule has 0 aromatic heterocycles. The van der Waals surface area contributed by atoms with Gasteiger partial charge in [0, 0.05) is 28.4 Å². The summed E-state index contributed by atoms with van der Waals surface area (Å²) in [7, 11) is 0. The number of amides is 1. The Morgan fingerprint density at radius 3 is 2.43 bits per heavy atom. The van der Waals surface area contributed by atoms with E-state index in [4.69, 9.17) is 5.41 Å². The van der Waals surface area contributed by atoms with E-state index in [9.17, 15) is 4.79 Å². The van der Waals surface area contributed by atoms with Crippen LogP contribution in [-0.4, -0.2) is 17.9 Å². The van der Waals surface area contributed by atoms with Crippen LogP contribution in [0, 0.1) is 5.41 Å². The SMILES string of the molecule is CSc1ccc(CNc2ccccc2C(=N)C(=O)Nc2cccc(C(C)C)c2)cc1. The highest BCUT2D eigenvalue weighted by Crippen LogP contribution is 2.21. The fraction of sp³-hybridized carbons (Fsp3) is 0.200. The quantitative estimate of drug-likeness (QED) is 0.304. The standard InChI is InChI=1S/C25H27N3OS/c1-17(2)19-7-6-8-20(15-19)28-25(29)24(26)22-9-4-5-10-23(22)27-16-18-11-13-21(30-3)14-12-18/h4-15,17,26-27H,16H2,1-3H3,(H,28,29). The largest absolute Gasteiger partial charge is 0.380 e. The Hall–Kier alpha value is -3.05. The maximum Gasteiger partial charge on any atom is 0.274 e. The van der Waals surface area contributed by atoms with Crippen molar-refractivity contribution >= 4 is 34.8 Å². The van der Waals surface area contributed by atoms with Crippen LogP contribution in [0.4, 0.5) is 11.4 Å². The summed E-state index contributed by atoms with van der Waals surface area (Å²) in [6.07, 6.45) is 2.05. The molecule has 0 spiro atoms. The molecule has 0 fully saturated rings. The molecule has 0 saturated carbocycles. The zero-order chi connectivity index (χ0) is 21.5. The van der Waals surface area contributed by atoms with E-state index >= 15 is 0 Å². The van der Waals surface area contributed by atoms with Crippen molar-refractivity contribution in [3.63, 3.8) is 0 Å². The molecule has 1 amide bonds. The molecule has 0 aliphatic heterocycles. The number of carbonyl (C=O) groups excluding carboxylic acids is 1. The number of para-hydroxylation sites is 1. The lowest BCUT2D eigenvalue weighted by Crippen LogP contribution is -2.24.